The number of anilines is 1. The number of amides is 1. The number of carbonyl (C=O) groups is 1. The monoisotopic (exact) mass is 464 g/mol. The van der Waals surface area contributed by atoms with Crippen molar-refractivity contribution in [1.29, 1.82) is 0 Å². The molecule has 3 aromatic carbocycles. The van der Waals surface area contributed by atoms with E-state index < -0.39 is 10.0 Å². The van der Waals surface area contributed by atoms with Crippen molar-refractivity contribution in [2.24, 2.45) is 0 Å². The van der Waals surface area contributed by atoms with Gasteiger partial charge in [0.2, 0.25) is 0 Å². The highest BCUT2D eigenvalue weighted by Crippen LogP contribution is 2.37. The molecule has 0 saturated carbocycles. The van der Waals surface area contributed by atoms with Crippen molar-refractivity contribution < 1.29 is 17.9 Å². The van der Waals surface area contributed by atoms with Crippen molar-refractivity contribution in [2.45, 2.75) is 37.6 Å². The van der Waals surface area contributed by atoms with Crippen molar-refractivity contribution in [1.82, 2.24) is 5.32 Å². The molecule has 3 aromatic rings. The van der Waals surface area contributed by atoms with Crippen molar-refractivity contribution in [3.05, 3.63) is 89.0 Å². The zero-order valence-electron chi connectivity index (χ0n) is 19.0. The average molecular weight is 465 g/mol. The summed E-state index contributed by atoms with van der Waals surface area (Å²) in [5, 5.41) is 2.95. The first-order valence-corrected chi connectivity index (χ1v) is 12.4. The molecular formula is C26H28N2O4S. The van der Waals surface area contributed by atoms with Gasteiger partial charge >= 0.3 is 0 Å². The Morgan fingerprint density at radius 1 is 1.06 bits per heavy atom. The summed E-state index contributed by atoms with van der Waals surface area (Å²) in [7, 11) is -2.05. The van der Waals surface area contributed by atoms with Gasteiger partial charge in [0.1, 0.15) is 5.75 Å². The second-order valence-corrected chi connectivity index (χ2v) is 10.2. The predicted octanol–water partition coefficient (Wildman–Crippen LogP) is 4.12. The number of rotatable bonds is 7. The Bertz CT molecular complexity index is 1250. The first-order chi connectivity index (χ1) is 15.8. The molecule has 1 heterocycles. The second kappa shape index (κ2) is 9.27. The predicted molar refractivity (Wildman–Crippen MR) is 129 cm³/mol. The largest absolute Gasteiger partial charge is 0.497 e. The lowest BCUT2D eigenvalue weighted by Crippen LogP contribution is -2.35. The molecule has 1 amide bonds. The van der Waals surface area contributed by atoms with Crippen molar-refractivity contribution in [2.75, 3.05) is 18.0 Å². The summed E-state index contributed by atoms with van der Waals surface area (Å²) < 4.78 is 33.2. The molecule has 0 aromatic heterocycles. The van der Waals surface area contributed by atoms with E-state index >= 15 is 0 Å². The molecule has 7 heteroatoms. The fraction of sp³-hybridized carbons (Fsp3) is 0.269. The summed E-state index contributed by atoms with van der Waals surface area (Å²) in [6.07, 6.45) is 1.27. The highest BCUT2D eigenvalue weighted by molar-refractivity contribution is 7.92. The molecule has 0 saturated heterocycles. The quantitative estimate of drug-likeness (QED) is 0.571. The third-order valence-electron chi connectivity index (χ3n) is 5.93. The number of nitrogens with zero attached hydrogens (tertiary/aromatic N) is 1. The fourth-order valence-electron chi connectivity index (χ4n) is 4.15. The number of hydrogen-bond acceptors (Lipinski definition) is 4. The van der Waals surface area contributed by atoms with Gasteiger partial charge in [0.15, 0.2) is 0 Å². The molecule has 4 rings (SSSR count). The number of hydrogen-bond donors (Lipinski definition) is 1. The van der Waals surface area contributed by atoms with Crippen LogP contribution in [0, 0.1) is 6.92 Å². The van der Waals surface area contributed by atoms with Crippen LogP contribution in [0.2, 0.25) is 0 Å². The third kappa shape index (κ3) is 4.73. The molecule has 0 aliphatic carbocycles. The van der Waals surface area contributed by atoms with E-state index in [0.29, 0.717) is 30.6 Å². The first-order valence-electron chi connectivity index (χ1n) is 10.9. The lowest BCUT2D eigenvalue weighted by atomic mass is 10.1. The maximum atomic E-state index is 13.3. The topological polar surface area (TPSA) is 75.7 Å². The normalized spacial score (nSPS) is 15.2. The van der Waals surface area contributed by atoms with E-state index in [0.717, 1.165) is 22.4 Å². The summed E-state index contributed by atoms with van der Waals surface area (Å²) in [6.45, 7) is 4.32. The van der Waals surface area contributed by atoms with Crippen molar-refractivity contribution in [3.63, 3.8) is 0 Å². The Labute approximate surface area is 195 Å². The van der Waals surface area contributed by atoms with Gasteiger partial charge in [0.05, 0.1) is 17.7 Å². The molecular weight excluding hydrogens is 436 g/mol. The lowest BCUT2D eigenvalue weighted by Gasteiger charge is -2.24. The van der Waals surface area contributed by atoms with Gasteiger partial charge in [0.25, 0.3) is 15.9 Å². The molecule has 1 aliphatic heterocycles. The standard InChI is InChI=1S/C26H28N2O4S/c1-18-4-11-24(12-5-18)33(30,31)28-19(2)16-22-17-21(8-13-25(22)28)26(29)27-15-14-20-6-9-23(32-3)10-7-20/h4-13,17,19H,14-16H2,1-3H3,(H,27,29)/t19-/m0/s1. The maximum absolute atomic E-state index is 13.3. The van der Waals surface area contributed by atoms with Gasteiger partial charge in [-0.2, -0.15) is 0 Å². The third-order valence-corrected chi connectivity index (χ3v) is 7.87. The van der Waals surface area contributed by atoms with Crippen molar-refractivity contribution in [3.8, 4) is 5.75 Å². The number of carbonyl (C=O) groups excluding carboxylic acids is 1. The number of nitrogens with one attached hydrogen (secondary N) is 1. The molecule has 172 valence electrons. The van der Waals surface area contributed by atoms with E-state index in [1.54, 1.807) is 49.6 Å². The fourth-order valence-corrected chi connectivity index (χ4v) is 5.84. The Morgan fingerprint density at radius 2 is 1.76 bits per heavy atom. The Hall–Kier alpha value is -3.32. The van der Waals surface area contributed by atoms with E-state index in [1.165, 1.54) is 4.31 Å². The van der Waals surface area contributed by atoms with Gasteiger partial charge in [0, 0.05) is 18.2 Å². The Kier molecular flexibility index (Phi) is 6.42. The molecule has 0 unspecified atom stereocenters. The minimum atomic E-state index is -3.68. The Morgan fingerprint density at radius 3 is 2.42 bits per heavy atom. The van der Waals surface area contributed by atoms with Crippen LogP contribution in [-0.4, -0.2) is 34.0 Å². The van der Waals surface area contributed by atoms with Gasteiger partial charge in [-0.05, 0) is 80.3 Å². The molecule has 0 spiro atoms. The molecule has 1 atom stereocenters. The number of sulfonamides is 1. The van der Waals surface area contributed by atoms with Crippen LogP contribution in [0.1, 0.15) is 34.0 Å². The molecule has 0 radical (unpaired) electrons. The first kappa shape index (κ1) is 22.9. The number of aryl methyl sites for hydroxylation is 1. The van der Waals surface area contributed by atoms with Gasteiger partial charge in [-0.1, -0.05) is 29.8 Å². The zero-order chi connectivity index (χ0) is 23.6. The number of ether oxygens (including phenoxy) is 1. The number of fused-ring (bicyclic) bond motifs is 1. The van der Waals surface area contributed by atoms with Gasteiger partial charge in [-0.3, -0.25) is 9.10 Å². The van der Waals surface area contributed by atoms with Gasteiger partial charge < -0.3 is 10.1 Å². The molecule has 1 aliphatic rings. The van der Waals surface area contributed by atoms with Crippen LogP contribution in [-0.2, 0) is 22.9 Å². The minimum Gasteiger partial charge on any atom is -0.497 e. The molecule has 0 fully saturated rings. The number of benzene rings is 3. The van der Waals surface area contributed by atoms with Crippen LogP contribution in [0.4, 0.5) is 5.69 Å². The average Bonchev–Trinajstić information content (AvgIpc) is 3.15. The summed E-state index contributed by atoms with van der Waals surface area (Å²) >= 11 is 0. The maximum Gasteiger partial charge on any atom is 0.264 e. The smallest absolute Gasteiger partial charge is 0.264 e. The lowest BCUT2D eigenvalue weighted by molar-refractivity contribution is 0.0954. The van der Waals surface area contributed by atoms with Crippen LogP contribution >= 0.6 is 0 Å². The SMILES string of the molecule is COc1ccc(CCNC(=O)c2ccc3c(c2)C[C@H](C)N3S(=O)(=O)c2ccc(C)cc2)cc1. The highest BCUT2D eigenvalue weighted by atomic mass is 32.2. The number of methoxy groups -OCH3 is 1. The van der Waals surface area contributed by atoms with Crippen LogP contribution in [0.5, 0.6) is 5.75 Å². The van der Waals surface area contributed by atoms with Crippen LogP contribution in [0.15, 0.2) is 71.6 Å². The van der Waals surface area contributed by atoms with Crippen LogP contribution in [0.3, 0.4) is 0 Å². The zero-order valence-corrected chi connectivity index (χ0v) is 19.9. The molecule has 33 heavy (non-hydrogen) atoms. The van der Waals surface area contributed by atoms with Crippen molar-refractivity contribution >= 4 is 21.6 Å². The summed E-state index contributed by atoms with van der Waals surface area (Å²) in [6, 6.07) is 19.6. The summed E-state index contributed by atoms with van der Waals surface area (Å²) in [5.74, 6) is 0.632. The highest BCUT2D eigenvalue weighted by Gasteiger charge is 2.36. The minimum absolute atomic E-state index is 0.168. The van der Waals surface area contributed by atoms with E-state index in [9.17, 15) is 13.2 Å². The van der Waals surface area contributed by atoms with E-state index in [2.05, 4.69) is 5.32 Å². The summed E-state index contributed by atoms with van der Waals surface area (Å²) in [5.41, 5.74) is 4.14. The van der Waals surface area contributed by atoms with Gasteiger partial charge in [-0.15, -0.1) is 0 Å². The summed E-state index contributed by atoms with van der Waals surface area (Å²) in [4.78, 5) is 13.0. The van der Waals surface area contributed by atoms with E-state index in [-0.39, 0.29) is 16.8 Å². The van der Waals surface area contributed by atoms with Crippen LogP contribution in [0.25, 0.3) is 0 Å². The van der Waals surface area contributed by atoms with Crippen LogP contribution < -0.4 is 14.4 Å². The van der Waals surface area contributed by atoms with Gasteiger partial charge in [-0.25, -0.2) is 8.42 Å². The second-order valence-electron chi connectivity index (χ2n) is 8.36. The Balaban J connectivity index is 1.46. The molecule has 0 bridgehead atoms. The molecule has 1 N–H and O–H groups in total. The van der Waals surface area contributed by atoms with E-state index in [4.69, 9.17) is 4.74 Å². The molecule has 6 nitrogen and oxygen atoms in total. The van der Waals surface area contributed by atoms with E-state index in [1.807, 2.05) is 38.1 Å².